The van der Waals surface area contributed by atoms with E-state index in [-0.39, 0.29) is 11.9 Å². The van der Waals surface area contributed by atoms with E-state index in [0.717, 1.165) is 38.9 Å². The first kappa shape index (κ1) is 14.7. The summed E-state index contributed by atoms with van der Waals surface area (Å²) in [6.07, 6.45) is 6.15. The van der Waals surface area contributed by atoms with Gasteiger partial charge in [0.05, 0.1) is 12.4 Å². The minimum atomic E-state index is -0.130. The summed E-state index contributed by atoms with van der Waals surface area (Å²) in [6, 6.07) is 0.249. The number of hydrogen-bond acceptors (Lipinski definition) is 5. The number of nitrogens with one attached hydrogen (secondary N) is 2. The summed E-state index contributed by atoms with van der Waals surface area (Å²) < 4.78 is 0. The van der Waals surface area contributed by atoms with Crippen LogP contribution < -0.4 is 10.6 Å². The Morgan fingerprint density at radius 2 is 2.10 bits per heavy atom. The summed E-state index contributed by atoms with van der Waals surface area (Å²) in [6.45, 7) is 4.99. The zero-order valence-corrected chi connectivity index (χ0v) is 12.2. The molecule has 1 aromatic rings. The molecule has 0 spiro atoms. The fourth-order valence-electron chi connectivity index (χ4n) is 2.20. The minimum absolute atomic E-state index is 0.130. The Bertz CT molecular complexity index is 426. The first-order chi connectivity index (χ1) is 9.69. The second-order valence-electron chi connectivity index (χ2n) is 5.26. The van der Waals surface area contributed by atoms with Gasteiger partial charge in [0.15, 0.2) is 0 Å². The Morgan fingerprint density at radius 3 is 2.70 bits per heavy atom. The summed E-state index contributed by atoms with van der Waals surface area (Å²) >= 11 is 0. The molecular weight excluding hydrogens is 254 g/mol. The van der Waals surface area contributed by atoms with E-state index in [1.165, 1.54) is 6.20 Å². The summed E-state index contributed by atoms with van der Waals surface area (Å²) in [7, 11) is 2.10. The van der Waals surface area contributed by atoms with Gasteiger partial charge in [0.1, 0.15) is 11.5 Å². The molecule has 0 radical (unpaired) electrons. The summed E-state index contributed by atoms with van der Waals surface area (Å²) in [5.41, 5.74) is 0.381. The van der Waals surface area contributed by atoms with Crippen LogP contribution in [0, 0.1) is 0 Å². The van der Waals surface area contributed by atoms with Gasteiger partial charge in [0.25, 0.3) is 5.91 Å². The molecule has 6 heteroatoms. The van der Waals surface area contributed by atoms with Crippen molar-refractivity contribution in [1.29, 1.82) is 0 Å². The number of nitrogens with zero attached hydrogens (tertiary/aromatic N) is 3. The van der Waals surface area contributed by atoms with E-state index in [9.17, 15) is 4.79 Å². The second-order valence-corrected chi connectivity index (χ2v) is 5.26. The third kappa shape index (κ3) is 4.16. The molecule has 0 atom stereocenters. The van der Waals surface area contributed by atoms with Crippen molar-refractivity contribution in [2.24, 2.45) is 0 Å². The van der Waals surface area contributed by atoms with Crippen LogP contribution in [0.15, 0.2) is 12.4 Å². The lowest BCUT2D eigenvalue weighted by Crippen LogP contribution is -2.43. The summed E-state index contributed by atoms with van der Waals surface area (Å²) in [5, 5.41) is 6.17. The molecule has 2 N–H and O–H groups in total. The van der Waals surface area contributed by atoms with Crippen molar-refractivity contribution in [3.05, 3.63) is 18.1 Å². The van der Waals surface area contributed by atoms with Crippen LogP contribution in [-0.2, 0) is 0 Å². The number of anilines is 1. The lowest BCUT2D eigenvalue weighted by molar-refractivity contribution is 0.0911. The number of aromatic nitrogens is 2. The fourth-order valence-corrected chi connectivity index (χ4v) is 2.20. The van der Waals surface area contributed by atoms with E-state index in [2.05, 4.69) is 39.5 Å². The molecule has 0 bridgehead atoms. The molecule has 2 rings (SSSR count). The van der Waals surface area contributed by atoms with Crippen molar-refractivity contribution in [2.75, 3.05) is 32.0 Å². The largest absolute Gasteiger partial charge is 0.369 e. The van der Waals surface area contributed by atoms with E-state index in [4.69, 9.17) is 0 Å². The van der Waals surface area contributed by atoms with E-state index >= 15 is 0 Å². The van der Waals surface area contributed by atoms with Gasteiger partial charge in [-0.05, 0) is 39.4 Å². The predicted molar refractivity (Wildman–Crippen MR) is 78.8 cm³/mol. The highest BCUT2D eigenvalue weighted by Crippen LogP contribution is 2.09. The Balaban J connectivity index is 1.85. The van der Waals surface area contributed by atoms with Gasteiger partial charge < -0.3 is 15.5 Å². The van der Waals surface area contributed by atoms with E-state index < -0.39 is 0 Å². The molecule has 2 heterocycles. The van der Waals surface area contributed by atoms with Crippen molar-refractivity contribution in [1.82, 2.24) is 20.2 Å². The average molecular weight is 277 g/mol. The van der Waals surface area contributed by atoms with Gasteiger partial charge in [0.2, 0.25) is 0 Å². The van der Waals surface area contributed by atoms with E-state index in [1.807, 2.05) is 0 Å². The van der Waals surface area contributed by atoms with Gasteiger partial charge in [-0.25, -0.2) is 9.97 Å². The Hall–Kier alpha value is -1.69. The maximum absolute atomic E-state index is 12.1. The van der Waals surface area contributed by atoms with Crippen LogP contribution >= 0.6 is 0 Å². The molecule has 20 heavy (non-hydrogen) atoms. The van der Waals surface area contributed by atoms with Crippen LogP contribution in [0.5, 0.6) is 0 Å². The Kier molecular flexibility index (Phi) is 5.29. The van der Waals surface area contributed by atoms with Crippen molar-refractivity contribution >= 4 is 11.7 Å². The molecular formula is C14H23N5O. The van der Waals surface area contributed by atoms with Gasteiger partial charge in [-0.15, -0.1) is 0 Å². The number of hydrogen-bond donors (Lipinski definition) is 2. The standard InChI is InChI=1S/C14H23N5O/c1-3-6-15-13-10-16-12(9-17-13)14(20)18-11-4-7-19(2)8-5-11/h9-11H,3-8H2,1-2H3,(H,15,17)(H,18,20). The quantitative estimate of drug-likeness (QED) is 0.844. The van der Waals surface area contributed by atoms with Crippen LogP contribution in [0.25, 0.3) is 0 Å². The Labute approximate surface area is 120 Å². The highest BCUT2D eigenvalue weighted by molar-refractivity contribution is 5.92. The first-order valence-electron chi connectivity index (χ1n) is 7.24. The number of piperidine rings is 1. The molecule has 1 aromatic heterocycles. The molecule has 1 aliphatic rings. The number of amides is 1. The maximum atomic E-state index is 12.1. The molecule has 1 saturated heterocycles. The summed E-state index contributed by atoms with van der Waals surface area (Å²) in [5.74, 6) is 0.580. The SMILES string of the molecule is CCCNc1cnc(C(=O)NC2CCN(C)CC2)cn1. The van der Waals surface area contributed by atoms with Crippen LogP contribution in [0.2, 0.25) is 0 Å². The normalized spacial score (nSPS) is 16.9. The molecule has 0 unspecified atom stereocenters. The zero-order valence-electron chi connectivity index (χ0n) is 12.2. The molecule has 0 aromatic carbocycles. The third-order valence-electron chi connectivity index (χ3n) is 3.49. The molecule has 1 fully saturated rings. The van der Waals surface area contributed by atoms with Gasteiger partial charge >= 0.3 is 0 Å². The zero-order chi connectivity index (χ0) is 14.4. The van der Waals surface area contributed by atoms with Crippen LogP contribution in [0.4, 0.5) is 5.82 Å². The fraction of sp³-hybridized carbons (Fsp3) is 0.643. The van der Waals surface area contributed by atoms with Crippen LogP contribution in [-0.4, -0.2) is 53.5 Å². The van der Waals surface area contributed by atoms with Crippen molar-refractivity contribution in [3.8, 4) is 0 Å². The number of carbonyl (C=O) groups excluding carboxylic acids is 1. The lowest BCUT2D eigenvalue weighted by atomic mass is 10.1. The topological polar surface area (TPSA) is 70.2 Å². The maximum Gasteiger partial charge on any atom is 0.271 e. The summed E-state index contributed by atoms with van der Waals surface area (Å²) in [4.78, 5) is 22.7. The first-order valence-corrected chi connectivity index (χ1v) is 7.24. The van der Waals surface area contributed by atoms with E-state index in [1.54, 1.807) is 6.20 Å². The average Bonchev–Trinajstić information content (AvgIpc) is 2.48. The molecule has 1 aliphatic heterocycles. The molecule has 6 nitrogen and oxygen atoms in total. The third-order valence-corrected chi connectivity index (χ3v) is 3.49. The van der Waals surface area contributed by atoms with Crippen molar-refractivity contribution < 1.29 is 4.79 Å². The Morgan fingerprint density at radius 1 is 1.35 bits per heavy atom. The lowest BCUT2D eigenvalue weighted by Gasteiger charge is -2.29. The van der Waals surface area contributed by atoms with Crippen LogP contribution in [0.1, 0.15) is 36.7 Å². The molecule has 1 amide bonds. The van der Waals surface area contributed by atoms with Crippen molar-refractivity contribution in [2.45, 2.75) is 32.2 Å². The highest BCUT2D eigenvalue weighted by Gasteiger charge is 2.19. The number of rotatable bonds is 5. The molecule has 0 saturated carbocycles. The van der Waals surface area contributed by atoms with Gasteiger partial charge in [0, 0.05) is 12.6 Å². The highest BCUT2D eigenvalue weighted by atomic mass is 16.1. The van der Waals surface area contributed by atoms with Gasteiger partial charge in [-0.3, -0.25) is 4.79 Å². The molecule has 110 valence electrons. The van der Waals surface area contributed by atoms with E-state index in [0.29, 0.717) is 11.5 Å². The molecule has 0 aliphatic carbocycles. The minimum Gasteiger partial charge on any atom is -0.369 e. The van der Waals surface area contributed by atoms with Gasteiger partial charge in [-0.1, -0.05) is 6.92 Å². The van der Waals surface area contributed by atoms with Gasteiger partial charge in [-0.2, -0.15) is 0 Å². The smallest absolute Gasteiger partial charge is 0.271 e. The predicted octanol–water partition coefficient (Wildman–Crippen LogP) is 1.12. The number of carbonyl (C=O) groups is 1. The van der Waals surface area contributed by atoms with Crippen molar-refractivity contribution in [3.63, 3.8) is 0 Å². The monoisotopic (exact) mass is 277 g/mol. The second kappa shape index (κ2) is 7.19. The van der Waals surface area contributed by atoms with Crippen LogP contribution in [0.3, 0.4) is 0 Å². The number of likely N-dealkylation sites (tertiary alicyclic amines) is 1.